The summed E-state index contributed by atoms with van der Waals surface area (Å²) in [6.07, 6.45) is 3.80. The van der Waals surface area contributed by atoms with E-state index in [1.807, 2.05) is 0 Å². The molecule has 9 rings (SSSR count). The zero-order valence-electron chi connectivity index (χ0n) is 38.2. The van der Waals surface area contributed by atoms with Crippen molar-refractivity contribution in [3.63, 3.8) is 0 Å². The second-order valence-corrected chi connectivity index (χ2v) is 16.6. The molecule has 28 heteroatoms. The first kappa shape index (κ1) is 51.0. The molecule has 0 aliphatic carbocycles. The summed E-state index contributed by atoms with van der Waals surface area (Å²) in [4.78, 5) is 37.3. The van der Waals surface area contributed by atoms with E-state index in [4.69, 9.17) is 4.74 Å². The lowest BCUT2D eigenvalue weighted by atomic mass is 9.85. The smallest absolute Gasteiger partial charge is 0.350 e. The standard InChI is InChI=1S/C23H20F6N6O3.C22H21F2N9O2/c1-14(22(37,9-33-12-30-11-31-33)18-7-2-15(24)8-19(18)25)35-21(36)34(13-32-35)16-3-5-17(6-4-16)38-10-23(28,29)20(26)27;1-15(22(35,11-30-13-25-12-27-30)19-7-2-16(23)10-20(19)24)31-8-9-32(21(31)34)17-3-5-18(6-4-17)33-14-26-28-29-33/h2-8,11-14,20,37H,9-10H2,1H3;2-7,10,12-15,35H,8-9,11H2,1H3/t14-,22+;15-,22+/m00/s1. The third-order valence-electron chi connectivity index (χ3n) is 12.1. The van der Waals surface area contributed by atoms with E-state index >= 15 is 0 Å². The zero-order valence-corrected chi connectivity index (χ0v) is 38.2. The van der Waals surface area contributed by atoms with Gasteiger partial charge in [-0.2, -0.15) is 24.1 Å². The Kier molecular flexibility index (Phi) is 14.5. The van der Waals surface area contributed by atoms with E-state index in [1.165, 1.54) is 87.8 Å². The number of benzene rings is 4. The third-order valence-corrected chi connectivity index (χ3v) is 12.1. The maximum Gasteiger partial charge on any atom is 0.350 e. The Morgan fingerprint density at radius 1 is 0.671 bits per heavy atom. The molecule has 5 heterocycles. The van der Waals surface area contributed by atoms with Crippen LogP contribution in [0.4, 0.5) is 45.6 Å². The van der Waals surface area contributed by atoms with Crippen molar-refractivity contribution in [2.24, 2.45) is 0 Å². The molecule has 0 spiro atoms. The number of aliphatic hydroxyl groups is 2. The van der Waals surface area contributed by atoms with Crippen molar-refractivity contribution in [1.29, 1.82) is 0 Å². The van der Waals surface area contributed by atoms with Crippen LogP contribution in [-0.4, -0.2) is 123 Å². The van der Waals surface area contributed by atoms with E-state index in [9.17, 15) is 54.9 Å². The third kappa shape index (κ3) is 10.6. The number of ether oxygens (including phenoxy) is 1. The predicted octanol–water partition coefficient (Wildman–Crippen LogP) is 5.08. The van der Waals surface area contributed by atoms with Crippen LogP contribution in [0.2, 0.25) is 0 Å². The second kappa shape index (κ2) is 20.7. The Labute approximate surface area is 406 Å². The second-order valence-electron chi connectivity index (χ2n) is 16.6. The number of anilines is 1. The van der Waals surface area contributed by atoms with Crippen LogP contribution in [-0.2, 0) is 24.3 Å². The molecule has 0 unspecified atom stereocenters. The monoisotopic (exact) mass is 1020 g/mol. The van der Waals surface area contributed by atoms with Crippen molar-refractivity contribution in [2.45, 2.75) is 62.6 Å². The van der Waals surface area contributed by atoms with E-state index in [-0.39, 0.29) is 48.2 Å². The number of alkyl halides is 4. The van der Waals surface area contributed by atoms with Crippen LogP contribution in [0.5, 0.6) is 5.75 Å². The SMILES string of the molecule is C[C@H](N1CCN(c2ccc(-n3cnnn3)cc2)C1=O)[C@](O)(Cn1cncn1)c1ccc(F)cc1F.C[C@H](n1ncn(-c2ccc(OCC(F)(F)C(F)F)cc2)c1=O)[C@](O)(Cn1cncn1)c1ccc(F)cc1F. The van der Waals surface area contributed by atoms with Gasteiger partial charge in [0.1, 0.15) is 78.2 Å². The quantitative estimate of drug-likeness (QED) is 0.114. The van der Waals surface area contributed by atoms with Gasteiger partial charge in [-0.3, -0.25) is 4.90 Å². The number of carbonyl (C=O) groups excluding carboxylic acids is 1. The molecular weight excluding hydrogens is 983 g/mol. The molecule has 4 aromatic heterocycles. The predicted molar refractivity (Wildman–Crippen MR) is 238 cm³/mol. The Bertz CT molecular complexity index is 3180. The lowest BCUT2D eigenvalue weighted by molar-refractivity contribution is -0.148. The number of carbonyl (C=O) groups is 1. The molecule has 1 aliphatic rings. The molecule has 1 fully saturated rings. The van der Waals surface area contributed by atoms with Crippen molar-refractivity contribution in [3.8, 4) is 17.1 Å². The summed E-state index contributed by atoms with van der Waals surface area (Å²) in [5, 5.41) is 46.4. The molecule has 1 saturated heterocycles. The number of halogens is 8. The summed E-state index contributed by atoms with van der Waals surface area (Å²) in [6.45, 7) is 1.58. The van der Waals surface area contributed by atoms with Crippen molar-refractivity contribution < 1.29 is 54.9 Å². The summed E-state index contributed by atoms with van der Waals surface area (Å²) in [7, 11) is 0. The summed E-state index contributed by atoms with van der Waals surface area (Å²) >= 11 is 0. The highest BCUT2D eigenvalue weighted by Gasteiger charge is 2.47. The lowest BCUT2D eigenvalue weighted by Crippen LogP contribution is -2.53. The Morgan fingerprint density at radius 3 is 1.73 bits per heavy atom. The number of hydrogen-bond acceptors (Lipinski definition) is 13. The highest BCUT2D eigenvalue weighted by Crippen LogP contribution is 2.37. The number of aromatic nitrogens is 13. The Hall–Kier alpha value is -8.40. The fourth-order valence-electron chi connectivity index (χ4n) is 8.07. The lowest BCUT2D eigenvalue weighted by Gasteiger charge is -2.39. The molecule has 2 amide bonds. The van der Waals surface area contributed by atoms with Gasteiger partial charge in [-0.1, -0.05) is 12.1 Å². The fraction of sp³-hybridized carbons (Fsp3) is 0.289. The minimum Gasteiger partial charge on any atom is -0.487 e. The van der Waals surface area contributed by atoms with Gasteiger partial charge < -0.3 is 19.8 Å². The molecule has 1 aliphatic heterocycles. The molecule has 4 atom stereocenters. The topological polar surface area (TPSA) is 218 Å². The number of hydrogen-bond donors (Lipinski definition) is 2. The van der Waals surface area contributed by atoms with Crippen molar-refractivity contribution in [1.82, 2.24) is 69.0 Å². The number of amides is 2. The number of rotatable bonds is 17. The molecule has 73 heavy (non-hydrogen) atoms. The van der Waals surface area contributed by atoms with Gasteiger partial charge in [-0.15, -0.1) is 5.10 Å². The van der Waals surface area contributed by atoms with Crippen LogP contribution >= 0.6 is 0 Å². The maximum absolute atomic E-state index is 14.8. The van der Waals surface area contributed by atoms with Gasteiger partial charge in [0.25, 0.3) is 0 Å². The first-order valence-corrected chi connectivity index (χ1v) is 21.8. The zero-order chi connectivity index (χ0) is 52.2. The van der Waals surface area contributed by atoms with Crippen molar-refractivity contribution >= 4 is 11.7 Å². The first-order valence-electron chi connectivity index (χ1n) is 21.8. The molecule has 20 nitrogen and oxygen atoms in total. The van der Waals surface area contributed by atoms with Crippen molar-refractivity contribution in [2.75, 3.05) is 24.6 Å². The van der Waals surface area contributed by atoms with Gasteiger partial charge in [-0.05, 0) is 84.9 Å². The van der Waals surface area contributed by atoms with E-state index in [0.717, 1.165) is 39.5 Å². The number of tetrazole rings is 1. The van der Waals surface area contributed by atoms with Gasteiger partial charge in [0.2, 0.25) is 0 Å². The molecular formula is C45H41F8N15O5. The van der Waals surface area contributed by atoms with Gasteiger partial charge in [-0.25, -0.2) is 69.2 Å². The molecule has 382 valence electrons. The minimum absolute atomic E-state index is 0.140. The summed E-state index contributed by atoms with van der Waals surface area (Å²) < 4.78 is 118. The first-order chi connectivity index (χ1) is 34.8. The maximum atomic E-state index is 14.8. The van der Waals surface area contributed by atoms with Crippen LogP contribution in [0.3, 0.4) is 0 Å². The molecule has 0 radical (unpaired) electrons. The molecule has 0 saturated carbocycles. The van der Waals surface area contributed by atoms with Gasteiger partial charge in [0, 0.05) is 42.0 Å². The average molecular weight is 1020 g/mol. The summed E-state index contributed by atoms with van der Waals surface area (Å²) in [5.74, 6) is -8.08. The summed E-state index contributed by atoms with van der Waals surface area (Å²) in [6, 6.07) is 15.2. The summed E-state index contributed by atoms with van der Waals surface area (Å²) in [5.41, 5.74) is -3.71. The van der Waals surface area contributed by atoms with Crippen LogP contribution < -0.4 is 15.3 Å². The Morgan fingerprint density at radius 2 is 1.22 bits per heavy atom. The Balaban J connectivity index is 0.000000195. The minimum atomic E-state index is -4.33. The van der Waals surface area contributed by atoms with Crippen molar-refractivity contribution in [3.05, 3.63) is 168 Å². The fourth-order valence-corrected chi connectivity index (χ4v) is 8.07. The normalized spacial score (nSPS) is 15.4. The van der Waals surface area contributed by atoms with E-state index in [2.05, 4.69) is 40.8 Å². The van der Waals surface area contributed by atoms with E-state index < -0.39 is 71.2 Å². The van der Waals surface area contributed by atoms with Gasteiger partial charge in [0.05, 0.1) is 36.5 Å². The van der Waals surface area contributed by atoms with Crippen LogP contribution in [0.15, 0.2) is 128 Å². The molecule has 0 bridgehead atoms. The van der Waals surface area contributed by atoms with Gasteiger partial charge in [0.15, 0.2) is 6.61 Å². The number of nitrogens with zero attached hydrogens (tertiary/aromatic N) is 15. The average Bonchev–Trinajstić information content (AvgIpc) is 4.24. The van der Waals surface area contributed by atoms with Gasteiger partial charge >= 0.3 is 24.1 Å². The molecule has 2 N–H and O–H groups in total. The van der Waals surface area contributed by atoms with Crippen LogP contribution in [0.25, 0.3) is 11.4 Å². The molecule has 8 aromatic rings. The van der Waals surface area contributed by atoms with Crippen LogP contribution in [0.1, 0.15) is 31.0 Å². The van der Waals surface area contributed by atoms with E-state index in [1.54, 1.807) is 36.1 Å². The highest BCUT2D eigenvalue weighted by molar-refractivity contribution is 5.94. The van der Waals surface area contributed by atoms with Crippen LogP contribution in [0, 0.1) is 23.3 Å². The largest absolute Gasteiger partial charge is 0.487 e. The highest BCUT2D eigenvalue weighted by atomic mass is 19.3. The van der Waals surface area contributed by atoms with E-state index in [0.29, 0.717) is 24.4 Å². The molecule has 4 aromatic carbocycles. The number of urea groups is 1.